The highest BCUT2D eigenvalue weighted by atomic mass is 14.4. The molecule has 188 valence electrons. The molecule has 0 amide bonds. The molecule has 0 nitrogen and oxygen atoms in total. The molecule has 0 saturated heterocycles. The van der Waals surface area contributed by atoms with Crippen LogP contribution in [-0.4, -0.2) is 0 Å². The first-order valence-corrected chi connectivity index (χ1v) is 14.3. The summed E-state index contributed by atoms with van der Waals surface area (Å²) >= 11 is 0. The predicted octanol–water partition coefficient (Wildman–Crippen LogP) is 11.5. The average molecular weight is 509 g/mol. The molecule has 0 bridgehead atoms. The maximum Gasteiger partial charge on any atom is -0.000433 e. The molecule has 8 aromatic rings. The van der Waals surface area contributed by atoms with Gasteiger partial charge in [-0.05, 0) is 137 Å². The van der Waals surface area contributed by atoms with E-state index in [9.17, 15) is 0 Å². The van der Waals surface area contributed by atoms with Gasteiger partial charge in [-0.15, -0.1) is 0 Å². The van der Waals surface area contributed by atoms with E-state index in [0.717, 1.165) is 0 Å². The van der Waals surface area contributed by atoms with Crippen LogP contribution in [0.2, 0.25) is 0 Å². The Hall–Kier alpha value is -4.68. The van der Waals surface area contributed by atoms with Crippen LogP contribution in [0.25, 0.3) is 86.9 Å². The van der Waals surface area contributed by atoms with Crippen molar-refractivity contribution in [1.82, 2.24) is 0 Å². The third kappa shape index (κ3) is 2.53. The number of hydrogen-bond acceptors (Lipinski definition) is 0. The van der Waals surface area contributed by atoms with Crippen molar-refractivity contribution in [1.29, 1.82) is 0 Å². The number of rotatable bonds is 0. The first-order chi connectivity index (χ1) is 19.5. The Balaban J connectivity index is 1.60. The van der Waals surface area contributed by atoms with Crippen LogP contribution in [0.1, 0.15) is 22.3 Å². The lowest BCUT2D eigenvalue weighted by Crippen LogP contribution is -2.09. The summed E-state index contributed by atoms with van der Waals surface area (Å²) in [6, 6.07) is 36.3. The zero-order valence-corrected chi connectivity index (χ0v) is 23.2. The summed E-state index contributed by atoms with van der Waals surface area (Å²) in [6.45, 7) is 9.31. The van der Waals surface area contributed by atoms with Gasteiger partial charge in [0.1, 0.15) is 0 Å². The fraction of sp³-hybridized carbons (Fsp3) is 0.100. The van der Waals surface area contributed by atoms with Crippen LogP contribution < -0.4 is 0 Å². The standard InChI is InChI=1S/C40H28/c1-21-23(3)33-34-24(4)22(2)30-20-18-28-16-14-26-10-6-8-12-32(26)36(28)38(30)40(34)39(33)37-29(21)19-17-27-15-13-25-9-5-7-11-31(25)35(27)37/h5-20H,1-4H3. The van der Waals surface area contributed by atoms with Gasteiger partial charge in [0, 0.05) is 0 Å². The van der Waals surface area contributed by atoms with Crippen LogP contribution >= 0.6 is 0 Å². The van der Waals surface area contributed by atoms with Gasteiger partial charge in [0.25, 0.3) is 0 Å². The van der Waals surface area contributed by atoms with Crippen molar-refractivity contribution in [3.8, 4) is 22.3 Å². The zero-order chi connectivity index (χ0) is 26.9. The van der Waals surface area contributed by atoms with Gasteiger partial charge < -0.3 is 0 Å². The lowest BCUT2D eigenvalue weighted by Gasteiger charge is -2.35. The summed E-state index contributed by atoms with van der Waals surface area (Å²) in [6.07, 6.45) is 0. The molecule has 0 radical (unpaired) electrons. The summed E-state index contributed by atoms with van der Waals surface area (Å²) in [5, 5.41) is 16.3. The summed E-state index contributed by atoms with van der Waals surface area (Å²) in [5.74, 6) is 0. The lowest BCUT2D eigenvalue weighted by molar-refractivity contribution is 1.32. The topological polar surface area (TPSA) is 0 Å². The Morgan fingerprint density at radius 3 is 1.10 bits per heavy atom. The fourth-order valence-electron chi connectivity index (χ4n) is 7.81. The molecule has 0 atom stereocenters. The smallest absolute Gasteiger partial charge is 0.000433 e. The molecule has 9 rings (SSSR count). The van der Waals surface area contributed by atoms with Crippen LogP contribution in [0.4, 0.5) is 0 Å². The molecular formula is C40H28. The first-order valence-electron chi connectivity index (χ1n) is 14.3. The fourth-order valence-corrected chi connectivity index (χ4v) is 7.81. The molecule has 0 heteroatoms. The highest BCUT2D eigenvalue weighted by Crippen LogP contribution is 2.60. The lowest BCUT2D eigenvalue weighted by atomic mass is 9.68. The normalized spacial score (nSPS) is 12.5. The van der Waals surface area contributed by atoms with Gasteiger partial charge >= 0.3 is 0 Å². The van der Waals surface area contributed by atoms with Crippen molar-refractivity contribution in [3.05, 3.63) is 119 Å². The molecular weight excluding hydrogens is 480 g/mol. The molecule has 8 aromatic carbocycles. The monoisotopic (exact) mass is 508 g/mol. The van der Waals surface area contributed by atoms with Crippen LogP contribution in [0.5, 0.6) is 0 Å². The molecule has 0 fully saturated rings. The molecule has 0 saturated carbocycles. The Kier molecular flexibility index (Phi) is 4.15. The van der Waals surface area contributed by atoms with Crippen LogP contribution in [-0.2, 0) is 0 Å². The minimum atomic E-state index is 1.30. The molecule has 40 heavy (non-hydrogen) atoms. The second-order valence-corrected chi connectivity index (χ2v) is 11.7. The van der Waals surface area contributed by atoms with Crippen molar-refractivity contribution in [2.45, 2.75) is 27.7 Å². The molecule has 0 aromatic heterocycles. The molecule has 1 aliphatic rings. The van der Waals surface area contributed by atoms with Crippen molar-refractivity contribution in [2.75, 3.05) is 0 Å². The van der Waals surface area contributed by atoms with Crippen molar-refractivity contribution in [2.24, 2.45) is 0 Å². The number of benzene rings is 8. The van der Waals surface area contributed by atoms with Crippen molar-refractivity contribution in [3.63, 3.8) is 0 Å². The van der Waals surface area contributed by atoms with Gasteiger partial charge in [-0.3, -0.25) is 0 Å². The number of hydrogen-bond donors (Lipinski definition) is 0. The van der Waals surface area contributed by atoms with Crippen molar-refractivity contribution < 1.29 is 0 Å². The van der Waals surface area contributed by atoms with E-state index in [2.05, 4.69) is 125 Å². The molecule has 0 heterocycles. The second kappa shape index (κ2) is 7.49. The maximum absolute atomic E-state index is 2.36. The minimum Gasteiger partial charge on any atom is -0.0616 e. The minimum absolute atomic E-state index is 1.30. The summed E-state index contributed by atoms with van der Waals surface area (Å²) in [4.78, 5) is 0. The van der Waals surface area contributed by atoms with Crippen LogP contribution in [0, 0.1) is 27.7 Å². The van der Waals surface area contributed by atoms with Gasteiger partial charge in [-0.25, -0.2) is 0 Å². The van der Waals surface area contributed by atoms with E-state index in [0.29, 0.717) is 0 Å². The summed E-state index contributed by atoms with van der Waals surface area (Å²) < 4.78 is 0. The second-order valence-electron chi connectivity index (χ2n) is 11.7. The highest BCUT2D eigenvalue weighted by molar-refractivity contribution is 6.36. The SMILES string of the molecule is Cc1c2c(c3c(ccc4ccc5ccccc5c43)c1C)-c1c-2c(C)c(C)c2ccc3ccc4ccccc4c3c12. The van der Waals surface area contributed by atoms with E-state index in [1.165, 1.54) is 109 Å². The molecule has 1 aliphatic carbocycles. The van der Waals surface area contributed by atoms with Gasteiger partial charge in [-0.1, -0.05) is 97.1 Å². The third-order valence-electron chi connectivity index (χ3n) is 10.0. The molecule has 0 aliphatic heterocycles. The van der Waals surface area contributed by atoms with Gasteiger partial charge in [0.2, 0.25) is 0 Å². The van der Waals surface area contributed by atoms with Gasteiger partial charge in [0.05, 0.1) is 0 Å². The maximum atomic E-state index is 2.36. The number of aryl methyl sites for hydroxylation is 2. The summed E-state index contributed by atoms with van der Waals surface area (Å²) in [5.41, 5.74) is 11.4. The Morgan fingerprint density at radius 2 is 0.650 bits per heavy atom. The van der Waals surface area contributed by atoms with Crippen molar-refractivity contribution >= 4 is 64.6 Å². The van der Waals surface area contributed by atoms with Crippen LogP contribution in [0.15, 0.2) is 97.1 Å². The Bertz CT molecular complexity index is 2280. The Labute approximate surface area is 233 Å². The predicted molar refractivity (Wildman–Crippen MR) is 175 cm³/mol. The molecule has 0 N–H and O–H groups in total. The van der Waals surface area contributed by atoms with Gasteiger partial charge in [-0.2, -0.15) is 0 Å². The van der Waals surface area contributed by atoms with E-state index in [1.807, 2.05) is 0 Å². The van der Waals surface area contributed by atoms with E-state index in [1.54, 1.807) is 0 Å². The van der Waals surface area contributed by atoms with E-state index in [-0.39, 0.29) is 0 Å². The molecule has 0 spiro atoms. The largest absolute Gasteiger partial charge is 0.0616 e. The third-order valence-corrected chi connectivity index (χ3v) is 10.0. The zero-order valence-electron chi connectivity index (χ0n) is 23.2. The summed E-state index contributed by atoms with van der Waals surface area (Å²) in [7, 11) is 0. The first kappa shape index (κ1) is 22.2. The van der Waals surface area contributed by atoms with E-state index >= 15 is 0 Å². The Morgan fingerprint density at radius 1 is 0.275 bits per heavy atom. The van der Waals surface area contributed by atoms with E-state index < -0.39 is 0 Å². The van der Waals surface area contributed by atoms with E-state index in [4.69, 9.17) is 0 Å². The molecule has 0 unspecified atom stereocenters. The quantitative estimate of drug-likeness (QED) is 0.179. The van der Waals surface area contributed by atoms with Gasteiger partial charge in [0.15, 0.2) is 0 Å². The number of fused-ring (bicyclic) bond motifs is 16. The highest BCUT2D eigenvalue weighted by Gasteiger charge is 2.34. The average Bonchev–Trinajstić information content (AvgIpc) is 2.98. The van der Waals surface area contributed by atoms with Crippen LogP contribution in [0.3, 0.4) is 0 Å².